The summed E-state index contributed by atoms with van der Waals surface area (Å²) in [5, 5.41) is 3.28. The molecule has 0 atom stereocenters. The van der Waals surface area contributed by atoms with Gasteiger partial charge in [0.15, 0.2) is 0 Å². The largest absolute Gasteiger partial charge is 0.383 e. The zero-order valence-corrected chi connectivity index (χ0v) is 10.4. The number of nitrogens with zero attached hydrogens (tertiary/aromatic N) is 2. The smallest absolute Gasteiger partial charge is 0.127 e. The highest BCUT2D eigenvalue weighted by Crippen LogP contribution is 2.15. The third kappa shape index (κ3) is 4.06. The topological polar surface area (TPSA) is 37.4 Å². The molecule has 16 heavy (non-hydrogen) atoms. The van der Waals surface area contributed by atoms with Gasteiger partial charge in [-0.25, -0.2) is 4.98 Å². The first kappa shape index (κ1) is 12.8. The van der Waals surface area contributed by atoms with Gasteiger partial charge in [0.25, 0.3) is 0 Å². The van der Waals surface area contributed by atoms with Gasteiger partial charge in [-0.3, -0.25) is 0 Å². The second-order valence-corrected chi connectivity index (χ2v) is 3.74. The van der Waals surface area contributed by atoms with Crippen molar-refractivity contribution in [3.63, 3.8) is 0 Å². The fraction of sp³-hybridized carbons (Fsp3) is 0.583. The zero-order valence-electron chi connectivity index (χ0n) is 10.4. The zero-order chi connectivity index (χ0) is 11.8. The number of anilines is 2. The number of likely N-dealkylation sites (N-methyl/N-ethyl adjacent to an activating group) is 1. The van der Waals surface area contributed by atoms with Crippen LogP contribution in [0.3, 0.4) is 0 Å². The number of hydrogen-bond acceptors (Lipinski definition) is 4. The molecular weight excluding hydrogens is 202 g/mol. The lowest BCUT2D eigenvalue weighted by Gasteiger charge is -2.19. The first-order valence-electron chi connectivity index (χ1n) is 5.68. The lowest BCUT2D eigenvalue weighted by molar-refractivity contribution is 0.206. The normalized spacial score (nSPS) is 10.2. The van der Waals surface area contributed by atoms with Crippen LogP contribution >= 0.6 is 0 Å². The van der Waals surface area contributed by atoms with Gasteiger partial charge in [-0.05, 0) is 12.5 Å². The number of aromatic nitrogens is 1. The van der Waals surface area contributed by atoms with Crippen molar-refractivity contribution in [2.45, 2.75) is 13.3 Å². The molecule has 1 rings (SSSR count). The molecule has 0 aliphatic carbocycles. The van der Waals surface area contributed by atoms with Crippen molar-refractivity contribution in [1.82, 2.24) is 4.98 Å². The SMILES string of the molecule is CCCNc1cc(N(C)CCOC)ccn1. The maximum atomic E-state index is 5.06. The summed E-state index contributed by atoms with van der Waals surface area (Å²) in [5.74, 6) is 0.934. The van der Waals surface area contributed by atoms with Crippen molar-refractivity contribution < 1.29 is 4.74 Å². The van der Waals surface area contributed by atoms with Crippen LogP contribution in [-0.4, -0.2) is 38.8 Å². The van der Waals surface area contributed by atoms with Gasteiger partial charge in [-0.1, -0.05) is 6.92 Å². The van der Waals surface area contributed by atoms with E-state index in [2.05, 4.69) is 35.2 Å². The summed E-state index contributed by atoms with van der Waals surface area (Å²) in [4.78, 5) is 6.43. The lowest BCUT2D eigenvalue weighted by atomic mass is 10.3. The molecule has 1 heterocycles. The highest BCUT2D eigenvalue weighted by atomic mass is 16.5. The van der Waals surface area contributed by atoms with Crippen LogP contribution in [0.5, 0.6) is 0 Å². The van der Waals surface area contributed by atoms with Crippen LogP contribution in [0.4, 0.5) is 11.5 Å². The van der Waals surface area contributed by atoms with Crippen molar-refractivity contribution >= 4 is 11.5 Å². The Morgan fingerprint density at radius 1 is 1.50 bits per heavy atom. The minimum absolute atomic E-state index is 0.733. The maximum Gasteiger partial charge on any atom is 0.127 e. The molecule has 1 aromatic heterocycles. The molecule has 1 N–H and O–H groups in total. The van der Waals surface area contributed by atoms with Crippen molar-refractivity contribution in [3.05, 3.63) is 18.3 Å². The summed E-state index contributed by atoms with van der Waals surface area (Å²) in [6.07, 6.45) is 2.93. The summed E-state index contributed by atoms with van der Waals surface area (Å²) < 4.78 is 5.06. The van der Waals surface area contributed by atoms with Gasteiger partial charge in [-0.15, -0.1) is 0 Å². The molecule has 0 saturated carbocycles. The first-order chi connectivity index (χ1) is 7.77. The molecule has 0 radical (unpaired) electrons. The van der Waals surface area contributed by atoms with Gasteiger partial charge >= 0.3 is 0 Å². The summed E-state index contributed by atoms with van der Waals surface area (Å²) in [7, 11) is 3.77. The van der Waals surface area contributed by atoms with Crippen LogP contribution in [0.2, 0.25) is 0 Å². The Morgan fingerprint density at radius 3 is 3.00 bits per heavy atom. The highest BCUT2D eigenvalue weighted by Gasteiger charge is 2.01. The number of nitrogens with one attached hydrogen (secondary N) is 1. The van der Waals surface area contributed by atoms with Gasteiger partial charge in [0.2, 0.25) is 0 Å². The van der Waals surface area contributed by atoms with E-state index in [-0.39, 0.29) is 0 Å². The van der Waals surface area contributed by atoms with E-state index in [1.54, 1.807) is 7.11 Å². The number of hydrogen-bond donors (Lipinski definition) is 1. The van der Waals surface area contributed by atoms with Crippen molar-refractivity contribution in [2.75, 3.05) is 44.1 Å². The number of methoxy groups -OCH3 is 1. The Hall–Kier alpha value is -1.29. The molecule has 4 heteroatoms. The first-order valence-corrected chi connectivity index (χ1v) is 5.68. The quantitative estimate of drug-likeness (QED) is 0.767. The standard InChI is InChI=1S/C12H21N3O/c1-4-6-13-12-10-11(5-7-14-12)15(2)8-9-16-3/h5,7,10H,4,6,8-9H2,1-3H3,(H,13,14). The third-order valence-electron chi connectivity index (χ3n) is 2.37. The van der Waals surface area contributed by atoms with Crippen LogP contribution in [0.15, 0.2) is 18.3 Å². The van der Waals surface area contributed by atoms with Gasteiger partial charge in [-0.2, -0.15) is 0 Å². The van der Waals surface area contributed by atoms with Gasteiger partial charge in [0.05, 0.1) is 6.61 Å². The van der Waals surface area contributed by atoms with E-state index in [4.69, 9.17) is 4.74 Å². The van der Waals surface area contributed by atoms with Gasteiger partial charge < -0.3 is 15.0 Å². The summed E-state index contributed by atoms with van der Waals surface area (Å²) >= 11 is 0. The molecule has 0 aromatic carbocycles. The molecule has 0 unspecified atom stereocenters. The van der Waals surface area contributed by atoms with E-state index in [1.165, 1.54) is 0 Å². The Balaban J connectivity index is 2.58. The number of pyridine rings is 1. The van der Waals surface area contributed by atoms with E-state index in [1.807, 2.05) is 12.3 Å². The average Bonchev–Trinajstić information content (AvgIpc) is 2.33. The highest BCUT2D eigenvalue weighted by molar-refractivity contribution is 5.53. The van der Waals surface area contributed by atoms with E-state index in [9.17, 15) is 0 Å². The lowest BCUT2D eigenvalue weighted by Crippen LogP contribution is -2.22. The van der Waals surface area contributed by atoms with Crippen LogP contribution < -0.4 is 10.2 Å². The molecule has 0 spiro atoms. The molecule has 0 saturated heterocycles. The van der Waals surface area contributed by atoms with Crippen LogP contribution in [0.1, 0.15) is 13.3 Å². The Labute approximate surface area is 97.6 Å². The molecule has 0 fully saturated rings. The van der Waals surface area contributed by atoms with E-state index in [0.29, 0.717) is 0 Å². The second-order valence-electron chi connectivity index (χ2n) is 3.74. The molecular formula is C12H21N3O. The number of rotatable bonds is 7. The van der Waals surface area contributed by atoms with Crippen LogP contribution in [0.25, 0.3) is 0 Å². The maximum absolute atomic E-state index is 5.06. The molecule has 90 valence electrons. The third-order valence-corrected chi connectivity index (χ3v) is 2.37. The molecule has 4 nitrogen and oxygen atoms in total. The summed E-state index contributed by atoms with van der Waals surface area (Å²) in [6.45, 7) is 4.71. The molecule has 0 amide bonds. The van der Waals surface area contributed by atoms with Gasteiger partial charge in [0, 0.05) is 45.2 Å². The molecule has 0 aliphatic rings. The van der Waals surface area contributed by atoms with Crippen molar-refractivity contribution in [3.8, 4) is 0 Å². The fourth-order valence-corrected chi connectivity index (χ4v) is 1.36. The second kappa shape index (κ2) is 7.06. The minimum Gasteiger partial charge on any atom is -0.383 e. The number of ether oxygens (including phenoxy) is 1. The molecule has 1 aromatic rings. The molecule has 0 bridgehead atoms. The average molecular weight is 223 g/mol. The fourth-order valence-electron chi connectivity index (χ4n) is 1.36. The Kier molecular flexibility index (Phi) is 5.64. The van der Waals surface area contributed by atoms with Crippen LogP contribution in [-0.2, 0) is 4.74 Å². The van der Waals surface area contributed by atoms with Crippen molar-refractivity contribution in [2.24, 2.45) is 0 Å². The van der Waals surface area contributed by atoms with E-state index in [0.717, 1.165) is 37.6 Å². The predicted molar refractivity (Wildman–Crippen MR) is 68.2 cm³/mol. The monoisotopic (exact) mass is 223 g/mol. The van der Waals surface area contributed by atoms with Crippen molar-refractivity contribution in [1.29, 1.82) is 0 Å². The Morgan fingerprint density at radius 2 is 2.31 bits per heavy atom. The van der Waals surface area contributed by atoms with Crippen LogP contribution in [0, 0.1) is 0 Å². The molecule has 0 aliphatic heterocycles. The van der Waals surface area contributed by atoms with E-state index < -0.39 is 0 Å². The summed E-state index contributed by atoms with van der Waals surface area (Å²) in [5.41, 5.74) is 1.16. The van der Waals surface area contributed by atoms with E-state index >= 15 is 0 Å². The predicted octanol–water partition coefficient (Wildman–Crippen LogP) is 1.99. The summed E-state index contributed by atoms with van der Waals surface area (Å²) in [6, 6.07) is 4.07. The van der Waals surface area contributed by atoms with Gasteiger partial charge in [0.1, 0.15) is 5.82 Å². The Bertz CT molecular complexity index is 304. The minimum atomic E-state index is 0.733.